The van der Waals surface area contributed by atoms with Crippen LogP contribution < -0.4 is 15.1 Å². The molecule has 0 radical (unpaired) electrons. The van der Waals surface area contributed by atoms with Crippen LogP contribution in [-0.4, -0.2) is 180 Å². The largest absolute Gasteiger partial charge is 3.00 e. The molecule has 0 saturated carbocycles. The maximum absolute atomic E-state index is 13.7. The van der Waals surface area contributed by atoms with E-state index in [1.54, 1.807) is 38.3 Å². The fraction of sp³-hybridized carbons (Fsp3) is 0.500. The Balaban J connectivity index is 0.00000729. The number of aryl methyl sites for hydroxylation is 1. The van der Waals surface area contributed by atoms with Gasteiger partial charge in [-0.2, -0.15) is 0 Å². The molecule has 280 valence electrons. The van der Waals surface area contributed by atoms with E-state index in [1.807, 2.05) is 60.3 Å². The number of aliphatic carboxylic acids is 3. The van der Waals surface area contributed by atoms with Gasteiger partial charge < -0.3 is 35.2 Å². The van der Waals surface area contributed by atoms with Gasteiger partial charge in [0.05, 0.1) is 37.0 Å². The van der Waals surface area contributed by atoms with Crippen molar-refractivity contribution in [2.24, 2.45) is 7.05 Å². The van der Waals surface area contributed by atoms with E-state index < -0.39 is 25.0 Å². The number of rotatable bonds is 12. The van der Waals surface area contributed by atoms with Gasteiger partial charge in [-0.3, -0.25) is 38.8 Å². The van der Waals surface area contributed by atoms with Gasteiger partial charge in [0.25, 0.3) is 0 Å². The van der Waals surface area contributed by atoms with E-state index >= 15 is 0 Å². The number of benzene rings is 2. The third-order valence-electron chi connectivity index (χ3n) is 9.31. The van der Waals surface area contributed by atoms with Crippen molar-refractivity contribution in [1.29, 1.82) is 0 Å². The number of carbonyl (C=O) groups is 4. The summed E-state index contributed by atoms with van der Waals surface area (Å²) in [7, 11) is 5.59. The summed E-state index contributed by atoms with van der Waals surface area (Å²) in [5.41, 5.74) is 2.86. The zero-order valence-electron chi connectivity index (χ0n) is 30.1. The molecule has 18 heteroatoms. The maximum atomic E-state index is 13.7. The molecular weight excluding hydrogens is 813 g/mol. The van der Waals surface area contributed by atoms with Crippen molar-refractivity contribution in [1.82, 2.24) is 24.5 Å². The summed E-state index contributed by atoms with van der Waals surface area (Å²) in [6.07, 6.45) is 0. The van der Waals surface area contributed by atoms with Gasteiger partial charge in [-0.1, -0.05) is 18.2 Å². The summed E-state index contributed by atoms with van der Waals surface area (Å²) in [6.45, 7) is 2.09. The summed E-state index contributed by atoms with van der Waals surface area (Å²) < 4.78 is 1.77. The SMILES string of the molecule is CN(Cc1ccc2c(c1)c1cccc(N(C)C)c1c(B(O)O)[n+]2C)C(=O)CN1CCN(CC(=O)O)CCN(CC(=O)O)CCN(CC(=O)O)CC1.[Eu+3]. The van der Waals surface area contributed by atoms with Crippen LogP contribution in [0, 0.1) is 49.4 Å². The number of anilines is 1. The average Bonchev–Trinajstić information content (AvgIpc) is 3.04. The normalized spacial score (nSPS) is 15.7. The quantitative estimate of drug-likeness (QED) is 0.0764. The molecule has 0 unspecified atom stereocenters. The Hall–Kier alpha value is -2.80. The molecule has 1 amide bonds. The van der Waals surface area contributed by atoms with Crippen molar-refractivity contribution < 1.29 is 98.5 Å². The van der Waals surface area contributed by atoms with Crippen LogP contribution in [0.25, 0.3) is 21.7 Å². The molecule has 1 aliphatic rings. The van der Waals surface area contributed by atoms with E-state index in [0.717, 1.165) is 27.5 Å². The van der Waals surface area contributed by atoms with Gasteiger partial charge in [0, 0.05) is 97.2 Å². The molecule has 52 heavy (non-hydrogen) atoms. The number of amides is 1. The van der Waals surface area contributed by atoms with E-state index in [4.69, 9.17) is 0 Å². The van der Waals surface area contributed by atoms with Crippen LogP contribution in [0.5, 0.6) is 0 Å². The summed E-state index contributed by atoms with van der Waals surface area (Å²) >= 11 is 0. The molecule has 1 fully saturated rings. The summed E-state index contributed by atoms with van der Waals surface area (Å²) in [5.74, 6) is -3.22. The first kappa shape index (κ1) is 43.6. The predicted octanol–water partition coefficient (Wildman–Crippen LogP) is -2.00. The molecule has 2 heterocycles. The van der Waals surface area contributed by atoms with Crippen molar-refractivity contribution in [3.8, 4) is 0 Å². The van der Waals surface area contributed by atoms with Gasteiger partial charge >= 0.3 is 74.4 Å². The molecule has 0 bridgehead atoms. The number of pyridine rings is 1. The van der Waals surface area contributed by atoms with Gasteiger partial charge in [-0.05, 0) is 17.7 Å². The van der Waals surface area contributed by atoms with E-state index in [-0.39, 0.29) is 81.5 Å². The van der Waals surface area contributed by atoms with Gasteiger partial charge in [0.15, 0.2) is 0 Å². The second kappa shape index (κ2) is 20.0. The number of hydrogen-bond acceptors (Lipinski definition) is 11. The van der Waals surface area contributed by atoms with Crippen LogP contribution >= 0.6 is 0 Å². The van der Waals surface area contributed by atoms with Crippen LogP contribution in [0.1, 0.15) is 5.56 Å². The zero-order valence-corrected chi connectivity index (χ0v) is 32.5. The Morgan fingerprint density at radius 1 is 0.712 bits per heavy atom. The number of fused-ring (bicyclic) bond motifs is 3. The number of hydrogen-bond donors (Lipinski definition) is 5. The molecule has 0 spiro atoms. The summed E-state index contributed by atoms with van der Waals surface area (Å²) in [5, 5.41) is 51.6. The molecule has 0 aliphatic carbocycles. The first-order chi connectivity index (χ1) is 24.1. The number of nitrogens with zero attached hydrogens (tertiary/aromatic N) is 7. The Kier molecular flexibility index (Phi) is 16.8. The first-order valence-electron chi connectivity index (χ1n) is 16.8. The van der Waals surface area contributed by atoms with Crippen molar-refractivity contribution in [3.63, 3.8) is 0 Å². The fourth-order valence-electron chi connectivity index (χ4n) is 6.65. The van der Waals surface area contributed by atoms with Crippen LogP contribution in [0.15, 0.2) is 36.4 Å². The summed E-state index contributed by atoms with van der Waals surface area (Å²) in [6, 6.07) is 11.6. The van der Waals surface area contributed by atoms with Crippen LogP contribution in [0.4, 0.5) is 5.69 Å². The number of carboxylic acid groups (broad SMARTS) is 3. The molecule has 5 N–H and O–H groups in total. The number of aromatic nitrogens is 1. The molecule has 3 aromatic rings. The maximum Gasteiger partial charge on any atom is 3.00 e. The standard InChI is InChI=1S/C34H48BN7O9.Eu/c1-36(2)28-7-5-6-25-26-18-24(8-9-27(26)38(4)34(33(25)28)35(50)51)19-37(3)29(43)20-39-10-12-40(21-30(44)45)14-16-42(23-32(48)49)17-15-41(13-11-39)22-31(46)47;/h5-9,18,50-51H,10-17,19-23H2,1-4H3,(H2-,44,45,46,47,48,49);/q;+3/p+1. The van der Waals surface area contributed by atoms with E-state index in [1.165, 1.54) is 0 Å². The second-order valence-electron chi connectivity index (χ2n) is 13.3. The first-order valence-corrected chi connectivity index (χ1v) is 16.8. The Bertz CT molecular complexity index is 1720. The van der Waals surface area contributed by atoms with Gasteiger partial charge in [0.2, 0.25) is 17.0 Å². The fourth-order valence-corrected chi connectivity index (χ4v) is 6.65. The minimum atomic E-state index is -1.70. The number of carbonyl (C=O) groups excluding carboxylic acids is 1. The molecule has 1 aliphatic heterocycles. The molecule has 1 aromatic heterocycles. The molecule has 0 atom stereocenters. The molecule has 4 rings (SSSR count). The smallest absolute Gasteiger partial charge is 0.480 e. The zero-order chi connectivity index (χ0) is 37.4. The molecule has 2 aromatic carbocycles. The Labute approximate surface area is 344 Å². The van der Waals surface area contributed by atoms with E-state index in [0.29, 0.717) is 69.9 Å². The molecular formula is C34H49BEuN7O9+4. The van der Waals surface area contributed by atoms with E-state index in [9.17, 15) is 44.5 Å². The van der Waals surface area contributed by atoms with Crippen LogP contribution in [0.3, 0.4) is 0 Å². The predicted molar refractivity (Wildman–Crippen MR) is 192 cm³/mol. The average molecular weight is 863 g/mol. The molecule has 16 nitrogen and oxygen atoms in total. The van der Waals surface area contributed by atoms with Crippen LogP contribution in [0.2, 0.25) is 0 Å². The van der Waals surface area contributed by atoms with Crippen molar-refractivity contribution >= 4 is 63.9 Å². The Morgan fingerprint density at radius 2 is 1.17 bits per heavy atom. The topological polar surface area (TPSA) is 193 Å². The van der Waals surface area contributed by atoms with Gasteiger partial charge in [-0.25, -0.2) is 4.57 Å². The van der Waals surface area contributed by atoms with Crippen molar-refractivity contribution in [2.45, 2.75) is 6.54 Å². The van der Waals surface area contributed by atoms with Crippen molar-refractivity contribution in [2.75, 3.05) is 105 Å². The van der Waals surface area contributed by atoms with Crippen molar-refractivity contribution in [3.05, 3.63) is 42.0 Å². The summed E-state index contributed by atoms with van der Waals surface area (Å²) in [4.78, 5) is 58.9. The van der Waals surface area contributed by atoms with Crippen LogP contribution in [-0.2, 0) is 32.8 Å². The molecule has 1 saturated heterocycles. The Morgan fingerprint density at radius 3 is 1.60 bits per heavy atom. The monoisotopic (exact) mass is 863 g/mol. The van der Waals surface area contributed by atoms with E-state index in [2.05, 4.69) is 0 Å². The minimum absolute atomic E-state index is 0. The van der Waals surface area contributed by atoms with Gasteiger partial charge in [-0.15, -0.1) is 0 Å². The number of carboxylic acids is 3. The third kappa shape index (κ3) is 11.9. The second-order valence-corrected chi connectivity index (χ2v) is 13.3. The number of likely N-dealkylation sites (N-methyl/N-ethyl adjacent to an activating group) is 1. The third-order valence-corrected chi connectivity index (χ3v) is 9.31. The minimum Gasteiger partial charge on any atom is -0.480 e. The van der Waals surface area contributed by atoms with Gasteiger partial charge in [0.1, 0.15) is 7.05 Å².